The van der Waals surface area contributed by atoms with Crippen LogP contribution in [0.15, 0.2) is 24.3 Å². The van der Waals surface area contributed by atoms with E-state index in [9.17, 15) is 13.2 Å². The van der Waals surface area contributed by atoms with Gasteiger partial charge in [0, 0.05) is 37.1 Å². The van der Waals surface area contributed by atoms with E-state index < -0.39 is 21.7 Å². The van der Waals surface area contributed by atoms with Gasteiger partial charge in [-0.1, -0.05) is 19.3 Å². The van der Waals surface area contributed by atoms with Crippen molar-refractivity contribution in [3.05, 3.63) is 24.3 Å². The number of amides is 1. The summed E-state index contributed by atoms with van der Waals surface area (Å²) in [5, 5.41) is 2.74. The van der Waals surface area contributed by atoms with Crippen LogP contribution in [-0.2, 0) is 14.8 Å². The summed E-state index contributed by atoms with van der Waals surface area (Å²) in [6, 6.07) is 8.05. The van der Waals surface area contributed by atoms with Crippen LogP contribution in [0.1, 0.15) is 57.8 Å². The lowest BCUT2D eigenvalue weighted by atomic mass is 9.94. The molecule has 0 aromatic heterocycles. The molecule has 31 heavy (non-hydrogen) atoms. The van der Waals surface area contributed by atoms with E-state index in [1.54, 1.807) is 12.1 Å². The average Bonchev–Trinajstić information content (AvgIpc) is 2.77. The van der Waals surface area contributed by atoms with Crippen molar-refractivity contribution in [2.75, 3.05) is 48.6 Å². The van der Waals surface area contributed by atoms with Gasteiger partial charge in [0.1, 0.15) is 5.75 Å². The monoisotopic (exact) mass is 450 g/mol. The van der Waals surface area contributed by atoms with Crippen LogP contribution in [-0.4, -0.2) is 64.2 Å². The third-order valence-electron chi connectivity index (χ3n) is 6.39. The number of anilines is 2. The third kappa shape index (κ3) is 8.00. The summed E-state index contributed by atoms with van der Waals surface area (Å²) in [5.74, 6) is -1.02. The number of benzene rings is 1. The molecule has 1 saturated carbocycles. The normalized spacial score (nSPS) is 18.2. The van der Waals surface area contributed by atoms with Gasteiger partial charge in [-0.2, -0.15) is 0 Å². The molecule has 2 fully saturated rings. The molecule has 1 saturated heterocycles. The van der Waals surface area contributed by atoms with Crippen molar-refractivity contribution in [3.63, 3.8) is 0 Å². The zero-order valence-electron chi connectivity index (χ0n) is 18.8. The first-order chi connectivity index (χ1) is 14.9. The molecule has 2 N–H and O–H groups in total. The lowest BCUT2D eigenvalue weighted by Crippen LogP contribution is -2.37. The van der Waals surface area contributed by atoms with E-state index in [0.29, 0.717) is 18.3 Å². The molecule has 1 aliphatic carbocycles. The highest BCUT2D eigenvalue weighted by molar-refractivity contribution is 7.93. The van der Waals surface area contributed by atoms with Crippen LogP contribution >= 0.6 is 0 Å². The van der Waals surface area contributed by atoms with Crippen LogP contribution in [0.2, 0.25) is 0 Å². The molecule has 3 rings (SSSR count). The lowest BCUT2D eigenvalue weighted by molar-refractivity contribution is -0.118. The van der Waals surface area contributed by atoms with Gasteiger partial charge in [0.05, 0.1) is 0 Å². The molecule has 1 aliphatic heterocycles. The molecule has 1 heterocycles. The second-order valence-electron chi connectivity index (χ2n) is 8.93. The molecule has 8 heteroatoms. The number of hydrogen-bond donors (Lipinski definition) is 2. The Labute approximate surface area is 187 Å². The zero-order chi connectivity index (χ0) is 22.1. The van der Waals surface area contributed by atoms with Crippen molar-refractivity contribution in [2.24, 2.45) is 0 Å². The summed E-state index contributed by atoms with van der Waals surface area (Å²) in [7, 11) is -1.59. The Bertz CT molecular complexity index is 786. The lowest BCUT2D eigenvalue weighted by Gasteiger charge is -2.31. The van der Waals surface area contributed by atoms with Gasteiger partial charge >= 0.3 is 0 Å². The van der Waals surface area contributed by atoms with Gasteiger partial charge in [-0.05, 0) is 76.4 Å². The number of carbonyl (C=O) groups excluding carboxylic acids is 1. The Balaban J connectivity index is 1.36. The molecule has 0 radical (unpaired) electrons. The molecular weight excluding hydrogens is 412 g/mol. The molecule has 174 valence electrons. The Morgan fingerprint density at radius 3 is 2.35 bits per heavy atom. The first-order valence-electron chi connectivity index (χ1n) is 11.8. The standard InChI is InChI=1S/C23H38N4O3S/c1-26(21-9-4-2-5-10-21)16-8-15-24-23(28)19-31(29,30)25-20-11-13-22(14-12-20)27-17-6-3-7-18-27/h11-14,21,25H,2-10,15-19H2,1H3,(H,24,28). The quantitative estimate of drug-likeness (QED) is 0.535. The molecule has 0 spiro atoms. The highest BCUT2D eigenvalue weighted by atomic mass is 32.2. The fourth-order valence-electron chi connectivity index (χ4n) is 4.59. The molecule has 1 aromatic carbocycles. The molecule has 1 aromatic rings. The Kier molecular flexibility index (Phi) is 9.02. The molecule has 2 aliphatic rings. The van der Waals surface area contributed by atoms with E-state index in [1.165, 1.54) is 51.4 Å². The Morgan fingerprint density at radius 1 is 1.03 bits per heavy atom. The largest absolute Gasteiger partial charge is 0.372 e. The third-order valence-corrected chi connectivity index (χ3v) is 7.58. The number of carbonyl (C=O) groups is 1. The van der Waals surface area contributed by atoms with E-state index in [-0.39, 0.29) is 0 Å². The first-order valence-corrected chi connectivity index (χ1v) is 13.4. The van der Waals surface area contributed by atoms with Gasteiger partial charge < -0.3 is 15.1 Å². The van der Waals surface area contributed by atoms with Crippen LogP contribution in [0.3, 0.4) is 0 Å². The Hall–Kier alpha value is -1.80. The molecule has 0 bridgehead atoms. The van der Waals surface area contributed by atoms with Gasteiger partial charge in [-0.25, -0.2) is 8.42 Å². The topological polar surface area (TPSA) is 81.8 Å². The minimum absolute atomic E-state index is 0.460. The second-order valence-corrected chi connectivity index (χ2v) is 10.7. The van der Waals surface area contributed by atoms with Crippen LogP contribution < -0.4 is 14.9 Å². The fraction of sp³-hybridized carbons (Fsp3) is 0.696. The van der Waals surface area contributed by atoms with Crippen molar-refractivity contribution < 1.29 is 13.2 Å². The Morgan fingerprint density at radius 2 is 1.68 bits per heavy atom. The van der Waals surface area contributed by atoms with E-state index >= 15 is 0 Å². The minimum atomic E-state index is -3.73. The summed E-state index contributed by atoms with van der Waals surface area (Å²) in [5.41, 5.74) is 1.60. The highest BCUT2D eigenvalue weighted by Gasteiger charge is 2.19. The average molecular weight is 451 g/mol. The number of sulfonamides is 1. The van der Waals surface area contributed by atoms with Gasteiger partial charge in [0.15, 0.2) is 0 Å². The highest BCUT2D eigenvalue weighted by Crippen LogP contribution is 2.23. The van der Waals surface area contributed by atoms with E-state index in [4.69, 9.17) is 0 Å². The summed E-state index contributed by atoms with van der Waals surface area (Å²) >= 11 is 0. The van der Waals surface area contributed by atoms with Crippen LogP contribution in [0.25, 0.3) is 0 Å². The van der Waals surface area contributed by atoms with E-state index in [0.717, 1.165) is 31.7 Å². The smallest absolute Gasteiger partial charge is 0.241 e. The number of nitrogens with zero attached hydrogens (tertiary/aromatic N) is 2. The predicted molar refractivity (Wildman–Crippen MR) is 127 cm³/mol. The SMILES string of the molecule is CN(CCCNC(=O)CS(=O)(=O)Nc1ccc(N2CCCCC2)cc1)C1CCCCC1. The van der Waals surface area contributed by atoms with Crippen LogP contribution in [0.5, 0.6) is 0 Å². The van der Waals surface area contributed by atoms with Gasteiger partial charge in [-0.3, -0.25) is 9.52 Å². The molecule has 1 amide bonds. The number of piperidine rings is 1. The molecule has 7 nitrogen and oxygen atoms in total. The number of hydrogen-bond acceptors (Lipinski definition) is 5. The molecule has 0 atom stereocenters. The van der Waals surface area contributed by atoms with E-state index in [2.05, 4.69) is 26.9 Å². The van der Waals surface area contributed by atoms with Crippen molar-refractivity contribution in [1.82, 2.24) is 10.2 Å². The maximum absolute atomic E-state index is 12.4. The maximum atomic E-state index is 12.4. The van der Waals surface area contributed by atoms with Gasteiger partial charge in [0.2, 0.25) is 15.9 Å². The first kappa shape index (κ1) is 23.9. The number of nitrogens with one attached hydrogen (secondary N) is 2. The van der Waals surface area contributed by atoms with Crippen molar-refractivity contribution >= 4 is 27.3 Å². The van der Waals surface area contributed by atoms with Gasteiger partial charge in [0.25, 0.3) is 0 Å². The summed E-state index contributed by atoms with van der Waals surface area (Å²) in [4.78, 5) is 16.8. The fourth-order valence-corrected chi connectivity index (χ4v) is 5.61. The van der Waals surface area contributed by atoms with Crippen molar-refractivity contribution in [1.29, 1.82) is 0 Å². The van der Waals surface area contributed by atoms with Crippen molar-refractivity contribution in [3.8, 4) is 0 Å². The summed E-state index contributed by atoms with van der Waals surface area (Å²) in [6.07, 6.45) is 10.9. The molecular formula is C23H38N4O3S. The zero-order valence-corrected chi connectivity index (χ0v) is 19.6. The number of rotatable bonds is 10. The minimum Gasteiger partial charge on any atom is -0.372 e. The van der Waals surface area contributed by atoms with Crippen LogP contribution in [0, 0.1) is 0 Å². The van der Waals surface area contributed by atoms with Gasteiger partial charge in [-0.15, -0.1) is 0 Å². The van der Waals surface area contributed by atoms with Crippen LogP contribution in [0.4, 0.5) is 11.4 Å². The summed E-state index contributed by atoms with van der Waals surface area (Å²) in [6.45, 7) is 3.50. The molecule has 0 unspecified atom stereocenters. The predicted octanol–water partition coefficient (Wildman–Crippen LogP) is 3.19. The summed E-state index contributed by atoms with van der Waals surface area (Å²) < 4.78 is 27.2. The second kappa shape index (κ2) is 11.7. The van der Waals surface area contributed by atoms with E-state index in [1.807, 2.05) is 12.1 Å². The maximum Gasteiger partial charge on any atom is 0.241 e. The van der Waals surface area contributed by atoms with Crippen molar-refractivity contribution in [2.45, 2.75) is 63.8 Å².